The molecule has 0 unspecified atom stereocenters. The number of rotatable bonds is 3. The number of phenols is 1. The summed E-state index contributed by atoms with van der Waals surface area (Å²) in [6, 6.07) is 7.31. The first-order valence-electron chi connectivity index (χ1n) is 6.41. The fraction of sp³-hybridized carbons (Fsp3) is 0.500. The molecular weight excluding hydrogens is 230 g/mol. The van der Waals surface area contributed by atoms with Gasteiger partial charge in [0.05, 0.1) is 0 Å². The molecule has 0 radical (unpaired) electrons. The Hall–Kier alpha value is -1.71. The number of carboxylic acid groups (broad SMARTS) is 1. The van der Waals surface area contributed by atoms with Crippen LogP contribution >= 0.6 is 0 Å². The minimum atomic E-state index is -0.799. The number of aryl methyl sites for hydroxylation is 1. The highest BCUT2D eigenvalue weighted by molar-refractivity contribution is 5.64. The second kappa shape index (κ2) is 5.76. The number of carbonyl (C=O) groups is 1. The lowest BCUT2D eigenvalue weighted by Gasteiger charge is -2.29. The van der Waals surface area contributed by atoms with Crippen LogP contribution in [0.2, 0.25) is 0 Å². The molecule has 1 aromatic rings. The van der Waals surface area contributed by atoms with E-state index in [4.69, 9.17) is 5.11 Å². The summed E-state index contributed by atoms with van der Waals surface area (Å²) in [7, 11) is 0. The molecule has 0 aliphatic carbocycles. The van der Waals surface area contributed by atoms with Crippen LogP contribution in [0.4, 0.5) is 4.79 Å². The van der Waals surface area contributed by atoms with Crippen molar-refractivity contribution in [1.29, 1.82) is 0 Å². The van der Waals surface area contributed by atoms with E-state index >= 15 is 0 Å². The Balaban J connectivity index is 1.75. The Morgan fingerprint density at radius 2 is 1.83 bits per heavy atom. The lowest BCUT2D eigenvalue weighted by molar-refractivity contribution is 0.123. The smallest absolute Gasteiger partial charge is 0.407 e. The highest BCUT2D eigenvalue weighted by Crippen LogP contribution is 2.23. The summed E-state index contributed by atoms with van der Waals surface area (Å²) in [6.45, 7) is 1.32. The van der Waals surface area contributed by atoms with Crippen LogP contribution in [0.15, 0.2) is 24.3 Å². The van der Waals surface area contributed by atoms with E-state index in [9.17, 15) is 9.90 Å². The zero-order valence-electron chi connectivity index (χ0n) is 10.4. The van der Waals surface area contributed by atoms with Gasteiger partial charge in [-0.3, -0.25) is 0 Å². The first-order valence-corrected chi connectivity index (χ1v) is 6.41. The molecule has 18 heavy (non-hydrogen) atoms. The molecule has 1 fully saturated rings. The van der Waals surface area contributed by atoms with Gasteiger partial charge in [0.2, 0.25) is 0 Å². The molecule has 1 saturated heterocycles. The summed E-state index contributed by atoms with van der Waals surface area (Å²) in [6.07, 6.45) is 3.22. The average Bonchev–Trinajstić information content (AvgIpc) is 2.38. The molecule has 1 aliphatic rings. The van der Waals surface area contributed by atoms with Gasteiger partial charge in [0.1, 0.15) is 5.75 Å². The van der Waals surface area contributed by atoms with Gasteiger partial charge in [-0.15, -0.1) is 0 Å². The summed E-state index contributed by atoms with van der Waals surface area (Å²) >= 11 is 0. The predicted molar refractivity (Wildman–Crippen MR) is 68.7 cm³/mol. The number of benzene rings is 1. The van der Waals surface area contributed by atoms with Gasteiger partial charge in [-0.05, 0) is 49.3 Å². The van der Waals surface area contributed by atoms with Gasteiger partial charge in [0.15, 0.2) is 0 Å². The average molecular weight is 249 g/mol. The quantitative estimate of drug-likeness (QED) is 0.865. The van der Waals surface area contributed by atoms with Crippen LogP contribution in [0.3, 0.4) is 0 Å². The van der Waals surface area contributed by atoms with E-state index in [0.29, 0.717) is 24.8 Å². The molecule has 1 aliphatic heterocycles. The van der Waals surface area contributed by atoms with Gasteiger partial charge < -0.3 is 15.1 Å². The highest BCUT2D eigenvalue weighted by Gasteiger charge is 2.21. The van der Waals surface area contributed by atoms with Gasteiger partial charge in [0.25, 0.3) is 0 Å². The van der Waals surface area contributed by atoms with Crippen molar-refractivity contribution in [3.05, 3.63) is 29.8 Å². The zero-order valence-corrected chi connectivity index (χ0v) is 10.4. The maximum Gasteiger partial charge on any atom is 0.407 e. The van der Waals surface area contributed by atoms with E-state index < -0.39 is 6.09 Å². The maximum atomic E-state index is 10.8. The predicted octanol–water partition coefficient (Wildman–Crippen LogP) is 2.71. The van der Waals surface area contributed by atoms with Crippen LogP contribution < -0.4 is 0 Å². The molecule has 1 amide bonds. The van der Waals surface area contributed by atoms with Crippen LogP contribution in [0, 0.1) is 5.92 Å². The molecule has 0 spiro atoms. The molecule has 0 aromatic heterocycles. The highest BCUT2D eigenvalue weighted by atomic mass is 16.4. The second-order valence-corrected chi connectivity index (χ2v) is 4.92. The number of aromatic hydroxyl groups is 1. The van der Waals surface area contributed by atoms with Crippen molar-refractivity contribution in [1.82, 2.24) is 4.90 Å². The fourth-order valence-electron chi connectivity index (χ4n) is 2.45. The van der Waals surface area contributed by atoms with Crippen LogP contribution in [0.1, 0.15) is 24.8 Å². The first kappa shape index (κ1) is 12.7. The van der Waals surface area contributed by atoms with Crippen molar-refractivity contribution in [3.63, 3.8) is 0 Å². The van der Waals surface area contributed by atoms with Crippen molar-refractivity contribution in [3.8, 4) is 5.75 Å². The maximum absolute atomic E-state index is 10.8. The lowest BCUT2D eigenvalue weighted by Crippen LogP contribution is -2.37. The van der Waals surface area contributed by atoms with E-state index in [-0.39, 0.29) is 0 Å². The molecule has 4 nitrogen and oxygen atoms in total. The van der Waals surface area contributed by atoms with E-state index in [2.05, 4.69) is 0 Å². The van der Waals surface area contributed by atoms with Crippen molar-refractivity contribution in [2.75, 3.05) is 13.1 Å². The Morgan fingerprint density at radius 1 is 1.22 bits per heavy atom. The first-order chi connectivity index (χ1) is 8.65. The minimum absolute atomic E-state index is 0.300. The number of phenolic OH excluding ortho intramolecular Hbond substituents is 1. The van der Waals surface area contributed by atoms with Gasteiger partial charge in [0, 0.05) is 13.1 Å². The number of likely N-dealkylation sites (tertiary alicyclic amines) is 1. The van der Waals surface area contributed by atoms with Crippen LogP contribution in [-0.2, 0) is 6.42 Å². The number of amides is 1. The van der Waals surface area contributed by atoms with E-state index in [1.54, 1.807) is 12.1 Å². The van der Waals surface area contributed by atoms with E-state index in [0.717, 1.165) is 25.7 Å². The number of piperidine rings is 1. The lowest BCUT2D eigenvalue weighted by atomic mass is 9.91. The van der Waals surface area contributed by atoms with E-state index in [1.165, 1.54) is 10.5 Å². The molecule has 0 bridgehead atoms. The number of nitrogens with zero attached hydrogens (tertiary/aromatic N) is 1. The van der Waals surface area contributed by atoms with Crippen LogP contribution in [0.25, 0.3) is 0 Å². The minimum Gasteiger partial charge on any atom is -0.508 e. The normalized spacial score (nSPS) is 16.8. The molecule has 2 N–H and O–H groups in total. The van der Waals surface area contributed by atoms with E-state index in [1.807, 2.05) is 12.1 Å². The third-order valence-corrected chi connectivity index (χ3v) is 3.66. The second-order valence-electron chi connectivity index (χ2n) is 4.92. The molecule has 1 heterocycles. The van der Waals surface area contributed by atoms with Crippen LogP contribution in [-0.4, -0.2) is 34.3 Å². The topological polar surface area (TPSA) is 60.8 Å². The molecule has 98 valence electrons. The SMILES string of the molecule is O=C(O)N1CCC(CCc2ccc(O)cc2)CC1. The van der Waals surface area contributed by atoms with Crippen molar-refractivity contribution >= 4 is 6.09 Å². The Kier molecular flexibility index (Phi) is 4.07. The number of hydrogen-bond donors (Lipinski definition) is 2. The molecule has 1 aromatic carbocycles. The van der Waals surface area contributed by atoms with Gasteiger partial charge >= 0.3 is 6.09 Å². The van der Waals surface area contributed by atoms with Gasteiger partial charge in [-0.1, -0.05) is 12.1 Å². The summed E-state index contributed by atoms with van der Waals surface area (Å²) in [5.41, 5.74) is 1.23. The van der Waals surface area contributed by atoms with Crippen molar-refractivity contribution in [2.45, 2.75) is 25.7 Å². The fourth-order valence-corrected chi connectivity index (χ4v) is 2.45. The Bertz CT molecular complexity index is 394. The number of hydrogen-bond acceptors (Lipinski definition) is 2. The molecule has 0 atom stereocenters. The zero-order chi connectivity index (χ0) is 13.0. The monoisotopic (exact) mass is 249 g/mol. The molecular formula is C14H19NO3. The summed E-state index contributed by atoms with van der Waals surface area (Å²) in [5.74, 6) is 0.919. The Morgan fingerprint density at radius 3 is 2.39 bits per heavy atom. The van der Waals surface area contributed by atoms with Gasteiger partial charge in [-0.2, -0.15) is 0 Å². The molecule has 4 heteroatoms. The third-order valence-electron chi connectivity index (χ3n) is 3.66. The Labute approximate surface area is 107 Å². The third kappa shape index (κ3) is 3.39. The molecule has 2 rings (SSSR count). The molecule has 0 saturated carbocycles. The summed E-state index contributed by atoms with van der Waals surface area (Å²) in [4.78, 5) is 12.3. The van der Waals surface area contributed by atoms with Gasteiger partial charge in [-0.25, -0.2) is 4.79 Å². The van der Waals surface area contributed by atoms with Crippen molar-refractivity contribution < 1.29 is 15.0 Å². The summed E-state index contributed by atoms with van der Waals surface area (Å²) < 4.78 is 0. The standard InChI is InChI=1S/C14H19NO3/c16-13-5-3-11(4-6-13)1-2-12-7-9-15(10-8-12)14(17)18/h3-6,12,16H,1-2,7-10H2,(H,17,18). The van der Waals surface area contributed by atoms with Crippen LogP contribution in [0.5, 0.6) is 5.75 Å². The summed E-state index contributed by atoms with van der Waals surface area (Å²) in [5, 5.41) is 18.1. The largest absolute Gasteiger partial charge is 0.508 e. The van der Waals surface area contributed by atoms with Crippen molar-refractivity contribution in [2.24, 2.45) is 5.92 Å².